The molecule has 0 saturated carbocycles. The summed E-state index contributed by atoms with van der Waals surface area (Å²) >= 11 is 0. The molecule has 1 aromatic heterocycles. The maximum absolute atomic E-state index is 11.4. The van der Waals surface area contributed by atoms with Gasteiger partial charge in [0.1, 0.15) is 0 Å². The molecule has 1 aromatic rings. The van der Waals surface area contributed by atoms with Gasteiger partial charge in [-0.3, -0.25) is 4.79 Å². The summed E-state index contributed by atoms with van der Waals surface area (Å²) in [6.07, 6.45) is 3.37. The molecule has 0 aliphatic carbocycles. The van der Waals surface area contributed by atoms with Crippen LogP contribution in [0, 0.1) is 5.92 Å². The molecular weight excluding hydrogens is 166 g/mol. The van der Waals surface area contributed by atoms with Crippen LogP contribution in [0.2, 0.25) is 0 Å². The van der Waals surface area contributed by atoms with Gasteiger partial charge in [0.2, 0.25) is 0 Å². The third-order valence-corrected chi connectivity index (χ3v) is 1.70. The average molecular weight is 181 g/mol. The Labute approximate surface area is 78.0 Å². The predicted molar refractivity (Wildman–Crippen MR) is 50.4 cm³/mol. The lowest BCUT2D eigenvalue weighted by Crippen LogP contribution is -2.29. The van der Waals surface area contributed by atoms with Crippen molar-refractivity contribution in [1.29, 1.82) is 0 Å². The van der Waals surface area contributed by atoms with Crippen molar-refractivity contribution in [3.8, 4) is 0 Å². The Morgan fingerprint density at radius 1 is 1.69 bits per heavy atom. The summed E-state index contributed by atoms with van der Waals surface area (Å²) < 4.78 is 1.70. The molecule has 1 rings (SSSR count). The standard InChI is InChI=1S/C9H15N3O/c1-7(2)6-11-9(13)8-10-4-5-12(8)3/h4-5,7H,6H2,1-3H3,(H,11,13). The minimum absolute atomic E-state index is 0.110. The van der Waals surface area contributed by atoms with Crippen molar-refractivity contribution < 1.29 is 4.79 Å². The zero-order valence-corrected chi connectivity index (χ0v) is 8.24. The molecular formula is C9H15N3O. The monoisotopic (exact) mass is 181 g/mol. The van der Waals surface area contributed by atoms with Crippen LogP contribution in [0.5, 0.6) is 0 Å². The second-order valence-corrected chi connectivity index (χ2v) is 3.47. The Hall–Kier alpha value is -1.32. The minimum atomic E-state index is -0.110. The van der Waals surface area contributed by atoms with Gasteiger partial charge in [-0.2, -0.15) is 0 Å². The molecule has 4 heteroatoms. The lowest BCUT2D eigenvalue weighted by Gasteiger charge is -2.06. The highest BCUT2D eigenvalue weighted by Crippen LogP contribution is 1.94. The van der Waals surface area contributed by atoms with Crippen molar-refractivity contribution in [3.05, 3.63) is 18.2 Å². The average Bonchev–Trinajstić information content (AvgIpc) is 2.47. The van der Waals surface area contributed by atoms with Crippen molar-refractivity contribution in [2.45, 2.75) is 13.8 Å². The first-order valence-electron chi connectivity index (χ1n) is 4.36. The SMILES string of the molecule is CC(C)CNC(=O)c1nccn1C. The second kappa shape index (κ2) is 4.07. The second-order valence-electron chi connectivity index (χ2n) is 3.47. The number of nitrogens with one attached hydrogen (secondary N) is 1. The summed E-state index contributed by atoms with van der Waals surface area (Å²) in [7, 11) is 1.80. The van der Waals surface area contributed by atoms with E-state index in [0.717, 1.165) is 0 Å². The van der Waals surface area contributed by atoms with E-state index in [9.17, 15) is 4.79 Å². The molecule has 0 fully saturated rings. The van der Waals surface area contributed by atoms with E-state index >= 15 is 0 Å². The van der Waals surface area contributed by atoms with Gasteiger partial charge in [-0.1, -0.05) is 13.8 Å². The molecule has 4 nitrogen and oxygen atoms in total. The molecule has 0 spiro atoms. The summed E-state index contributed by atoms with van der Waals surface area (Å²) in [4.78, 5) is 15.4. The number of carbonyl (C=O) groups excluding carboxylic acids is 1. The van der Waals surface area contributed by atoms with E-state index in [2.05, 4.69) is 24.1 Å². The lowest BCUT2D eigenvalue weighted by molar-refractivity contribution is 0.0935. The maximum atomic E-state index is 11.4. The van der Waals surface area contributed by atoms with Gasteiger partial charge < -0.3 is 9.88 Å². The summed E-state index contributed by atoms with van der Waals surface area (Å²) in [5, 5.41) is 2.80. The number of amides is 1. The van der Waals surface area contributed by atoms with Crippen LogP contribution in [-0.4, -0.2) is 22.0 Å². The van der Waals surface area contributed by atoms with Gasteiger partial charge in [-0.15, -0.1) is 0 Å². The number of nitrogens with zero attached hydrogens (tertiary/aromatic N) is 2. The zero-order valence-electron chi connectivity index (χ0n) is 8.24. The molecule has 0 aliphatic rings. The molecule has 1 N–H and O–H groups in total. The number of hydrogen-bond acceptors (Lipinski definition) is 2. The van der Waals surface area contributed by atoms with Crippen LogP contribution in [-0.2, 0) is 7.05 Å². The van der Waals surface area contributed by atoms with Crippen LogP contribution in [0.15, 0.2) is 12.4 Å². The molecule has 0 atom stereocenters. The number of hydrogen-bond donors (Lipinski definition) is 1. The summed E-state index contributed by atoms with van der Waals surface area (Å²) in [5.41, 5.74) is 0. The number of carbonyl (C=O) groups is 1. The molecule has 1 heterocycles. The van der Waals surface area contributed by atoms with Crippen LogP contribution in [0.4, 0.5) is 0 Å². The highest BCUT2D eigenvalue weighted by atomic mass is 16.2. The fourth-order valence-electron chi connectivity index (χ4n) is 0.960. The molecule has 1 amide bonds. The largest absolute Gasteiger partial charge is 0.349 e. The molecule has 0 saturated heterocycles. The van der Waals surface area contributed by atoms with Crippen molar-refractivity contribution in [1.82, 2.24) is 14.9 Å². The van der Waals surface area contributed by atoms with Gasteiger partial charge in [0.05, 0.1) is 0 Å². The van der Waals surface area contributed by atoms with Gasteiger partial charge in [0, 0.05) is 26.0 Å². The fraction of sp³-hybridized carbons (Fsp3) is 0.556. The smallest absolute Gasteiger partial charge is 0.287 e. The minimum Gasteiger partial charge on any atom is -0.349 e. The molecule has 0 aliphatic heterocycles. The van der Waals surface area contributed by atoms with E-state index in [1.54, 1.807) is 24.0 Å². The summed E-state index contributed by atoms with van der Waals surface area (Å²) in [5.74, 6) is 0.811. The van der Waals surface area contributed by atoms with E-state index < -0.39 is 0 Å². The lowest BCUT2D eigenvalue weighted by atomic mass is 10.2. The summed E-state index contributed by atoms with van der Waals surface area (Å²) in [6.45, 7) is 4.79. The van der Waals surface area contributed by atoms with E-state index in [4.69, 9.17) is 0 Å². The number of aryl methyl sites for hydroxylation is 1. The Morgan fingerprint density at radius 2 is 2.38 bits per heavy atom. The summed E-state index contributed by atoms with van der Waals surface area (Å²) in [6, 6.07) is 0. The van der Waals surface area contributed by atoms with E-state index in [1.807, 2.05) is 0 Å². The van der Waals surface area contributed by atoms with Gasteiger partial charge in [-0.05, 0) is 5.92 Å². The molecule has 0 aromatic carbocycles. The first kappa shape index (κ1) is 9.77. The van der Waals surface area contributed by atoms with E-state index in [1.165, 1.54) is 0 Å². The Bertz CT molecular complexity index is 291. The quantitative estimate of drug-likeness (QED) is 0.750. The Balaban J connectivity index is 2.54. The van der Waals surface area contributed by atoms with Gasteiger partial charge >= 0.3 is 0 Å². The molecule has 0 bridgehead atoms. The maximum Gasteiger partial charge on any atom is 0.287 e. The van der Waals surface area contributed by atoms with Crippen LogP contribution >= 0.6 is 0 Å². The zero-order chi connectivity index (χ0) is 9.84. The molecule has 72 valence electrons. The Morgan fingerprint density at radius 3 is 2.85 bits per heavy atom. The van der Waals surface area contributed by atoms with Crippen molar-refractivity contribution in [2.24, 2.45) is 13.0 Å². The number of rotatable bonds is 3. The third-order valence-electron chi connectivity index (χ3n) is 1.70. The van der Waals surface area contributed by atoms with Crippen LogP contribution in [0.25, 0.3) is 0 Å². The molecule has 13 heavy (non-hydrogen) atoms. The number of aromatic nitrogens is 2. The van der Waals surface area contributed by atoms with Crippen molar-refractivity contribution in [3.63, 3.8) is 0 Å². The van der Waals surface area contributed by atoms with E-state index in [-0.39, 0.29) is 5.91 Å². The van der Waals surface area contributed by atoms with Crippen LogP contribution < -0.4 is 5.32 Å². The highest BCUT2D eigenvalue weighted by Gasteiger charge is 2.09. The van der Waals surface area contributed by atoms with Crippen molar-refractivity contribution >= 4 is 5.91 Å². The van der Waals surface area contributed by atoms with Crippen LogP contribution in [0.3, 0.4) is 0 Å². The fourth-order valence-corrected chi connectivity index (χ4v) is 0.960. The molecule has 0 unspecified atom stereocenters. The third kappa shape index (κ3) is 2.57. The topological polar surface area (TPSA) is 46.9 Å². The first-order valence-corrected chi connectivity index (χ1v) is 4.36. The van der Waals surface area contributed by atoms with E-state index in [0.29, 0.717) is 18.3 Å². The number of imidazole rings is 1. The van der Waals surface area contributed by atoms with Gasteiger partial charge in [-0.25, -0.2) is 4.98 Å². The van der Waals surface area contributed by atoms with Crippen LogP contribution in [0.1, 0.15) is 24.5 Å². The highest BCUT2D eigenvalue weighted by molar-refractivity contribution is 5.90. The van der Waals surface area contributed by atoms with Crippen molar-refractivity contribution in [2.75, 3.05) is 6.54 Å². The normalized spacial score (nSPS) is 10.5. The first-order chi connectivity index (χ1) is 6.11. The Kier molecular flexibility index (Phi) is 3.06. The van der Waals surface area contributed by atoms with Gasteiger partial charge in [0.25, 0.3) is 5.91 Å². The van der Waals surface area contributed by atoms with Gasteiger partial charge in [0.15, 0.2) is 5.82 Å². The predicted octanol–water partition coefficient (Wildman–Crippen LogP) is 0.806. The molecule has 0 radical (unpaired) electrons.